The Morgan fingerprint density at radius 3 is 2.24 bits per heavy atom. The Bertz CT molecular complexity index is 1120. The molecule has 0 saturated carbocycles. The summed E-state index contributed by atoms with van der Waals surface area (Å²) in [4.78, 5) is 25.5. The van der Waals surface area contributed by atoms with Crippen molar-refractivity contribution >= 4 is 11.9 Å². The molecule has 174 valence electrons. The quantitative estimate of drug-likeness (QED) is 0.440. The number of para-hydroxylation sites is 1. The molecule has 1 heterocycles. The van der Waals surface area contributed by atoms with E-state index in [-0.39, 0.29) is 17.0 Å². The lowest BCUT2D eigenvalue weighted by Crippen LogP contribution is -2.15. The fourth-order valence-electron chi connectivity index (χ4n) is 3.30. The third kappa shape index (κ3) is 5.16. The molecule has 0 unspecified atom stereocenters. The molecular formula is C25H28N2O6. The van der Waals surface area contributed by atoms with Gasteiger partial charge in [-0.25, -0.2) is 14.3 Å². The fraction of sp³-hybridized carbons (Fsp3) is 0.320. The number of nitrogens with zero attached hydrogens (tertiary/aromatic N) is 2. The van der Waals surface area contributed by atoms with E-state index in [0.29, 0.717) is 35.3 Å². The minimum Gasteiger partial charge on any atom is -0.493 e. The van der Waals surface area contributed by atoms with Gasteiger partial charge in [0.05, 0.1) is 33.6 Å². The van der Waals surface area contributed by atoms with E-state index < -0.39 is 11.9 Å². The van der Waals surface area contributed by atoms with Gasteiger partial charge >= 0.3 is 11.9 Å². The first-order chi connectivity index (χ1) is 15.9. The zero-order chi connectivity index (χ0) is 24.0. The Kier molecular flexibility index (Phi) is 7.71. The van der Waals surface area contributed by atoms with Gasteiger partial charge in [0.15, 0.2) is 17.2 Å². The number of benzene rings is 2. The molecule has 8 heteroatoms. The third-order valence-corrected chi connectivity index (χ3v) is 5.04. The van der Waals surface area contributed by atoms with E-state index in [0.717, 1.165) is 6.42 Å². The molecule has 8 nitrogen and oxygen atoms in total. The standard InChI is InChI=1S/C25H28N2O6/c1-16(2)13-14-33-20-15-17(11-12-19(20)30-3)22-21(24(28)31-4)23(25(29)32-5)27(26-22)18-9-7-6-8-10-18/h6-12,15-16H,13-14H2,1-5H3. The zero-order valence-corrected chi connectivity index (χ0v) is 19.5. The van der Waals surface area contributed by atoms with E-state index in [4.69, 9.17) is 18.9 Å². The number of hydrogen-bond donors (Lipinski definition) is 0. The molecule has 0 aliphatic carbocycles. The Morgan fingerprint density at radius 2 is 1.64 bits per heavy atom. The Balaban J connectivity index is 2.21. The highest BCUT2D eigenvalue weighted by atomic mass is 16.5. The molecule has 3 rings (SSSR count). The highest BCUT2D eigenvalue weighted by molar-refractivity contribution is 6.06. The molecule has 0 N–H and O–H groups in total. The van der Waals surface area contributed by atoms with E-state index in [9.17, 15) is 9.59 Å². The number of methoxy groups -OCH3 is 3. The molecule has 0 aliphatic heterocycles. The summed E-state index contributed by atoms with van der Waals surface area (Å²) in [7, 11) is 4.06. The van der Waals surface area contributed by atoms with Crippen molar-refractivity contribution in [1.82, 2.24) is 9.78 Å². The molecule has 0 fully saturated rings. The highest BCUT2D eigenvalue weighted by Crippen LogP contribution is 2.35. The molecule has 1 aromatic heterocycles. The minimum atomic E-state index is -0.708. The molecule has 0 amide bonds. The Labute approximate surface area is 193 Å². The largest absolute Gasteiger partial charge is 0.493 e. The van der Waals surface area contributed by atoms with Gasteiger partial charge in [-0.1, -0.05) is 32.0 Å². The van der Waals surface area contributed by atoms with Gasteiger partial charge in [-0.3, -0.25) is 0 Å². The third-order valence-electron chi connectivity index (χ3n) is 5.04. The van der Waals surface area contributed by atoms with E-state index in [2.05, 4.69) is 18.9 Å². The second-order valence-corrected chi connectivity index (χ2v) is 7.70. The Morgan fingerprint density at radius 1 is 0.939 bits per heavy atom. The molecule has 33 heavy (non-hydrogen) atoms. The topological polar surface area (TPSA) is 88.9 Å². The van der Waals surface area contributed by atoms with E-state index in [1.54, 1.807) is 37.4 Å². The number of carbonyl (C=O) groups is 2. The van der Waals surface area contributed by atoms with Crippen molar-refractivity contribution in [2.45, 2.75) is 20.3 Å². The van der Waals surface area contributed by atoms with Crippen LogP contribution in [0.25, 0.3) is 16.9 Å². The van der Waals surface area contributed by atoms with Gasteiger partial charge < -0.3 is 18.9 Å². The minimum absolute atomic E-state index is 0.00602. The molecule has 0 spiro atoms. The Hall–Kier alpha value is -3.81. The summed E-state index contributed by atoms with van der Waals surface area (Å²) in [6.45, 7) is 4.74. The lowest BCUT2D eigenvalue weighted by Gasteiger charge is -2.13. The molecule has 0 saturated heterocycles. The zero-order valence-electron chi connectivity index (χ0n) is 19.5. The van der Waals surface area contributed by atoms with Crippen LogP contribution in [0.2, 0.25) is 0 Å². The van der Waals surface area contributed by atoms with Crippen molar-refractivity contribution in [1.29, 1.82) is 0 Å². The smallest absolute Gasteiger partial charge is 0.357 e. The number of ether oxygens (including phenoxy) is 4. The summed E-state index contributed by atoms with van der Waals surface area (Å²) >= 11 is 0. The number of esters is 2. The van der Waals surface area contributed by atoms with Crippen molar-refractivity contribution in [2.75, 3.05) is 27.9 Å². The first-order valence-corrected chi connectivity index (χ1v) is 10.6. The van der Waals surface area contributed by atoms with Crippen LogP contribution in [0.15, 0.2) is 48.5 Å². The average molecular weight is 453 g/mol. The van der Waals surface area contributed by atoms with Crippen LogP contribution in [-0.4, -0.2) is 49.7 Å². The van der Waals surface area contributed by atoms with E-state index in [1.165, 1.54) is 18.9 Å². The summed E-state index contributed by atoms with van der Waals surface area (Å²) in [5, 5.41) is 4.61. The van der Waals surface area contributed by atoms with Gasteiger partial charge in [0.1, 0.15) is 11.3 Å². The van der Waals surface area contributed by atoms with E-state index in [1.807, 2.05) is 18.2 Å². The maximum Gasteiger partial charge on any atom is 0.357 e. The lowest BCUT2D eigenvalue weighted by atomic mass is 10.0. The lowest BCUT2D eigenvalue weighted by molar-refractivity contribution is 0.0549. The summed E-state index contributed by atoms with van der Waals surface area (Å²) in [5.74, 6) is 0.137. The van der Waals surface area contributed by atoms with Gasteiger partial charge in [-0.05, 0) is 42.7 Å². The normalized spacial score (nSPS) is 10.7. The summed E-state index contributed by atoms with van der Waals surface area (Å²) in [6.07, 6.45) is 0.871. The van der Waals surface area contributed by atoms with Crippen molar-refractivity contribution in [2.24, 2.45) is 5.92 Å². The van der Waals surface area contributed by atoms with Gasteiger partial charge in [0.25, 0.3) is 0 Å². The van der Waals surface area contributed by atoms with Crippen LogP contribution < -0.4 is 9.47 Å². The van der Waals surface area contributed by atoms with Crippen LogP contribution in [0.4, 0.5) is 0 Å². The van der Waals surface area contributed by atoms with Gasteiger partial charge in [0, 0.05) is 5.56 Å². The first-order valence-electron chi connectivity index (χ1n) is 10.6. The van der Waals surface area contributed by atoms with Gasteiger partial charge in [-0.2, -0.15) is 5.10 Å². The van der Waals surface area contributed by atoms with Crippen LogP contribution in [0.5, 0.6) is 11.5 Å². The van der Waals surface area contributed by atoms with Gasteiger partial charge in [0.2, 0.25) is 0 Å². The van der Waals surface area contributed by atoms with Crippen molar-refractivity contribution in [3.8, 4) is 28.4 Å². The molecule has 0 aliphatic rings. The number of aromatic nitrogens is 2. The average Bonchev–Trinajstić information content (AvgIpc) is 3.24. The predicted molar refractivity (Wildman–Crippen MR) is 123 cm³/mol. The molecule has 3 aromatic rings. The maximum atomic E-state index is 12.8. The van der Waals surface area contributed by atoms with E-state index >= 15 is 0 Å². The first kappa shape index (κ1) is 23.8. The van der Waals surface area contributed by atoms with Crippen molar-refractivity contribution < 1.29 is 28.5 Å². The van der Waals surface area contributed by atoms with Crippen LogP contribution in [0.1, 0.15) is 41.1 Å². The van der Waals surface area contributed by atoms with Crippen LogP contribution >= 0.6 is 0 Å². The molecule has 0 atom stereocenters. The molecule has 0 radical (unpaired) electrons. The molecular weight excluding hydrogens is 424 g/mol. The van der Waals surface area contributed by atoms with Crippen molar-refractivity contribution in [3.63, 3.8) is 0 Å². The summed E-state index contributed by atoms with van der Waals surface area (Å²) < 4.78 is 22.7. The monoisotopic (exact) mass is 452 g/mol. The van der Waals surface area contributed by atoms with Crippen molar-refractivity contribution in [3.05, 3.63) is 59.8 Å². The fourth-order valence-corrected chi connectivity index (χ4v) is 3.30. The van der Waals surface area contributed by atoms with Crippen LogP contribution in [-0.2, 0) is 9.47 Å². The van der Waals surface area contributed by atoms with Crippen LogP contribution in [0, 0.1) is 5.92 Å². The summed E-state index contributed by atoms with van der Waals surface area (Å²) in [6, 6.07) is 14.2. The second kappa shape index (κ2) is 10.7. The summed E-state index contributed by atoms with van der Waals surface area (Å²) in [5.41, 5.74) is 1.41. The molecule has 0 bridgehead atoms. The number of hydrogen-bond acceptors (Lipinski definition) is 7. The number of carbonyl (C=O) groups excluding carboxylic acids is 2. The van der Waals surface area contributed by atoms with Gasteiger partial charge in [-0.15, -0.1) is 0 Å². The highest BCUT2D eigenvalue weighted by Gasteiger charge is 2.31. The predicted octanol–water partition coefficient (Wildman–Crippen LogP) is 4.55. The van der Waals surface area contributed by atoms with Crippen LogP contribution in [0.3, 0.4) is 0 Å². The number of rotatable bonds is 9. The maximum absolute atomic E-state index is 12.8. The second-order valence-electron chi connectivity index (χ2n) is 7.70. The SMILES string of the molecule is COC(=O)c1c(-c2ccc(OC)c(OCCC(C)C)c2)nn(-c2ccccc2)c1C(=O)OC. The molecule has 2 aromatic carbocycles.